The summed E-state index contributed by atoms with van der Waals surface area (Å²) in [5.41, 5.74) is 3.93. The Morgan fingerprint density at radius 2 is 1.59 bits per heavy atom. The van der Waals surface area contributed by atoms with E-state index in [0.29, 0.717) is 0 Å². The molecule has 0 fully saturated rings. The van der Waals surface area contributed by atoms with Gasteiger partial charge in [-0.3, -0.25) is 0 Å². The molecule has 1 aliphatic heterocycles. The highest BCUT2D eigenvalue weighted by molar-refractivity contribution is 8.24. The summed E-state index contributed by atoms with van der Waals surface area (Å²) in [4.78, 5) is 2.39. The van der Waals surface area contributed by atoms with Crippen molar-refractivity contribution < 1.29 is 0 Å². The van der Waals surface area contributed by atoms with Gasteiger partial charge in [0.25, 0.3) is 0 Å². The normalized spacial score (nSPS) is 12.9. The summed E-state index contributed by atoms with van der Waals surface area (Å²) in [7, 11) is 0. The van der Waals surface area contributed by atoms with Crippen molar-refractivity contribution in [1.29, 1.82) is 10.5 Å². The number of aryl methyl sites for hydroxylation is 2. The predicted octanol–water partition coefficient (Wildman–Crippen LogP) is 4.07. The lowest BCUT2D eigenvalue weighted by Crippen LogP contribution is -1.88. The lowest BCUT2D eigenvalue weighted by Gasteiger charge is -2.08. The average Bonchev–Trinajstić information content (AvgIpc) is 2.73. The van der Waals surface area contributed by atoms with E-state index in [-0.39, 0.29) is 5.57 Å². The van der Waals surface area contributed by atoms with Crippen molar-refractivity contribution >= 4 is 23.5 Å². The van der Waals surface area contributed by atoms with Crippen molar-refractivity contribution in [3.05, 3.63) is 32.6 Å². The average molecular weight is 258 g/mol. The molecule has 1 aromatic carbocycles. The Labute approximate surface area is 109 Å². The third-order valence-electron chi connectivity index (χ3n) is 2.75. The first-order valence-electron chi connectivity index (χ1n) is 5.09. The molecule has 2 rings (SSSR count). The van der Waals surface area contributed by atoms with E-state index in [1.54, 1.807) is 23.5 Å². The molecule has 0 saturated heterocycles. The van der Waals surface area contributed by atoms with E-state index in [1.807, 2.05) is 12.1 Å². The second-order valence-corrected chi connectivity index (χ2v) is 6.18. The van der Waals surface area contributed by atoms with Gasteiger partial charge in [-0.2, -0.15) is 10.5 Å². The molecular formula is C13H10N2S2. The number of fused-ring (bicyclic) bond motifs is 1. The summed E-state index contributed by atoms with van der Waals surface area (Å²) in [5.74, 6) is 0. The number of nitrogens with zero attached hydrogens (tertiary/aromatic N) is 2. The zero-order valence-electron chi connectivity index (χ0n) is 9.79. The largest absolute Gasteiger partial charge is 0.192 e. The number of benzene rings is 1. The first-order valence-corrected chi connectivity index (χ1v) is 6.72. The van der Waals surface area contributed by atoms with Gasteiger partial charge >= 0.3 is 0 Å². The van der Waals surface area contributed by atoms with E-state index in [2.05, 4.69) is 26.8 Å². The number of rotatable bonds is 0. The number of nitriles is 2. The highest BCUT2D eigenvalue weighted by Gasteiger charge is 2.25. The van der Waals surface area contributed by atoms with E-state index in [9.17, 15) is 0 Å². The third kappa shape index (κ3) is 1.95. The summed E-state index contributed by atoms with van der Waals surface area (Å²) < 4.78 is 0.807. The van der Waals surface area contributed by atoms with Crippen molar-refractivity contribution in [1.82, 2.24) is 0 Å². The minimum Gasteiger partial charge on any atom is -0.192 e. The van der Waals surface area contributed by atoms with Crippen LogP contribution in [0.5, 0.6) is 0 Å². The third-order valence-corrected chi connectivity index (χ3v) is 5.60. The van der Waals surface area contributed by atoms with Crippen LogP contribution in [0.15, 0.2) is 25.7 Å². The Morgan fingerprint density at radius 1 is 1.00 bits per heavy atom. The fourth-order valence-corrected chi connectivity index (χ4v) is 4.41. The maximum absolute atomic E-state index is 8.90. The quantitative estimate of drug-likeness (QED) is 0.658. The van der Waals surface area contributed by atoms with Gasteiger partial charge in [-0.05, 0) is 37.5 Å². The van der Waals surface area contributed by atoms with Crippen LogP contribution in [0.4, 0.5) is 0 Å². The van der Waals surface area contributed by atoms with E-state index >= 15 is 0 Å². The zero-order valence-corrected chi connectivity index (χ0v) is 11.4. The summed E-state index contributed by atoms with van der Waals surface area (Å²) >= 11 is 3.09. The van der Waals surface area contributed by atoms with Crippen LogP contribution in [0.3, 0.4) is 0 Å². The maximum Gasteiger partial charge on any atom is 0.150 e. The van der Waals surface area contributed by atoms with Gasteiger partial charge in [0.05, 0.1) is 4.24 Å². The minimum absolute atomic E-state index is 0.215. The van der Waals surface area contributed by atoms with Crippen molar-refractivity contribution in [2.45, 2.75) is 30.6 Å². The molecule has 0 unspecified atom stereocenters. The number of hydrogen-bond donors (Lipinski definition) is 0. The van der Waals surface area contributed by atoms with Crippen LogP contribution >= 0.6 is 23.5 Å². The molecule has 0 spiro atoms. The standard InChI is InChI=1S/C13H10N2S2/c1-7-4-8(2)11-12(9(7)3)17-13(16-11)10(5-14)6-15/h4H,1-3H3. The highest BCUT2D eigenvalue weighted by atomic mass is 32.2. The van der Waals surface area contributed by atoms with Gasteiger partial charge < -0.3 is 0 Å². The first kappa shape index (κ1) is 12.1. The van der Waals surface area contributed by atoms with Crippen LogP contribution in [0.2, 0.25) is 0 Å². The van der Waals surface area contributed by atoms with Crippen molar-refractivity contribution in [3.63, 3.8) is 0 Å². The summed E-state index contributed by atoms with van der Waals surface area (Å²) in [6.45, 7) is 6.24. The van der Waals surface area contributed by atoms with Gasteiger partial charge in [0.15, 0.2) is 0 Å². The molecule has 84 valence electrons. The molecule has 0 aliphatic carbocycles. The van der Waals surface area contributed by atoms with Gasteiger partial charge in [-0.1, -0.05) is 29.6 Å². The fourth-order valence-electron chi connectivity index (χ4n) is 1.70. The molecule has 0 N–H and O–H groups in total. The summed E-state index contributed by atoms with van der Waals surface area (Å²) in [6.07, 6.45) is 0. The first-order chi connectivity index (χ1) is 8.08. The van der Waals surface area contributed by atoms with Crippen molar-refractivity contribution in [2.75, 3.05) is 0 Å². The zero-order chi connectivity index (χ0) is 12.6. The van der Waals surface area contributed by atoms with E-state index in [0.717, 1.165) is 4.24 Å². The topological polar surface area (TPSA) is 47.6 Å². The Bertz CT molecular complexity index is 600. The van der Waals surface area contributed by atoms with Gasteiger partial charge in [-0.15, -0.1) is 0 Å². The van der Waals surface area contributed by atoms with E-state index in [4.69, 9.17) is 10.5 Å². The van der Waals surface area contributed by atoms with Crippen molar-refractivity contribution in [3.8, 4) is 12.1 Å². The Kier molecular flexibility index (Phi) is 3.19. The van der Waals surface area contributed by atoms with Gasteiger partial charge in [0.2, 0.25) is 0 Å². The SMILES string of the molecule is Cc1cc(C)c2c(c1C)SC(=C(C#N)C#N)S2. The molecule has 2 nitrogen and oxygen atoms in total. The van der Waals surface area contributed by atoms with Crippen LogP contribution in [0.1, 0.15) is 16.7 Å². The molecule has 0 radical (unpaired) electrons. The molecule has 1 aromatic rings. The molecule has 1 aliphatic rings. The van der Waals surface area contributed by atoms with Crippen LogP contribution < -0.4 is 0 Å². The van der Waals surface area contributed by atoms with Crippen LogP contribution in [0.25, 0.3) is 0 Å². The Morgan fingerprint density at radius 3 is 2.18 bits per heavy atom. The van der Waals surface area contributed by atoms with Crippen LogP contribution in [0, 0.1) is 43.4 Å². The monoisotopic (exact) mass is 258 g/mol. The van der Waals surface area contributed by atoms with Gasteiger partial charge in [0.1, 0.15) is 17.7 Å². The summed E-state index contributed by atoms with van der Waals surface area (Å²) in [6, 6.07) is 6.07. The second-order valence-electron chi connectivity index (χ2n) is 3.88. The number of hydrogen-bond acceptors (Lipinski definition) is 4. The summed E-state index contributed by atoms with van der Waals surface area (Å²) in [5, 5.41) is 17.8. The second kappa shape index (κ2) is 4.49. The van der Waals surface area contributed by atoms with E-state index < -0.39 is 0 Å². The molecule has 0 atom stereocenters. The van der Waals surface area contributed by atoms with Crippen LogP contribution in [-0.4, -0.2) is 0 Å². The molecule has 17 heavy (non-hydrogen) atoms. The van der Waals surface area contributed by atoms with Crippen molar-refractivity contribution in [2.24, 2.45) is 0 Å². The number of thioether (sulfide) groups is 2. The van der Waals surface area contributed by atoms with Gasteiger partial charge in [0, 0.05) is 9.79 Å². The minimum atomic E-state index is 0.215. The molecule has 0 saturated carbocycles. The maximum atomic E-state index is 8.90. The Hall–Kier alpha value is -1.36. The number of allylic oxidation sites excluding steroid dienone is 1. The molecule has 0 bridgehead atoms. The fraction of sp³-hybridized carbons (Fsp3) is 0.231. The molecule has 4 heteroatoms. The lowest BCUT2D eigenvalue weighted by atomic mass is 10.1. The predicted molar refractivity (Wildman–Crippen MR) is 70.6 cm³/mol. The lowest BCUT2D eigenvalue weighted by molar-refractivity contribution is 1.09. The smallest absolute Gasteiger partial charge is 0.150 e. The van der Waals surface area contributed by atoms with Crippen LogP contribution in [-0.2, 0) is 0 Å². The molecule has 0 aromatic heterocycles. The molecule has 0 amide bonds. The molecular weight excluding hydrogens is 248 g/mol. The molecule has 1 heterocycles. The Balaban J connectivity index is 2.60. The van der Waals surface area contributed by atoms with E-state index in [1.165, 1.54) is 26.5 Å². The highest BCUT2D eigenvalue weighted by Crippen LogP contribution is 2.55. The van der Waals surface area contributed by atoms with Gasteiger partial charge in [-0.25, -0.2) is 0 Å².